The minimum absolute atomic E-state index is 0.203. The van der Waals surface area contributed by atoms with E-state index in [0.717, 1.165) is 12.3 Å². The third-order valence-electron chi connectivity index (χ3n) is 2.64. The van der Waals surface area contributed by atoms with Crippen LogP contribution in [-0.4, -0.2) is 41.2 Å². The molecule has 0 aromatic rings. The topological polar surface area (TPSA) is 37.4 Å². The number of ketones is 1. The van der Waals surface area contributed by atoms with Crippen molar-refractivity contribution in [2.45, 2.75) is 12.8 Å². The molecule has 0 N–H and O–H groups in total. The molecular formula is C9H13NO2S. The van der Waals surface area contributed by atoms with E-state index < -0.39 is 0 Å². The standard InChI is InChI=1S/C9H13NO2S/c11-8-1-3-10(9(8)12)5-7-2-4-13-6-7/h7H,1-6H2. The number of Topliss-reactive ketones (excluding diaryl/α,β-unsaturated/α-hetero) is 1. The fourth-order valence-corrected chi connectivity index (χ4v) is 3.11. The molecule has 2 aliphatic heterocycles. The molecule has 0 aromatic heterocycles. The molecule has 2 aliphatic rings. The van der Waals surface area contributed by atoms with E-state index in [1.54, 1.807) is 4.90 Å². The van der Waals surface area contributed by atoms with Crippen LogP contribution in [-0.2, 0) is 9.59 Å². The second kappa shape index (κ2) is 3.70. The predicted octanol–water partition coefficient (Wildman–Crippen LogP) is 0.541. The lowest BCUT2D eigenvalue weighted by molar-refractivity contribution is -0.140. The molecule has 0 bridgehead atoms. The van der Waals surface area contributed by atoms with Crippen LogP contribution < -0.4 is 0 Å². The molecule has 0 saturated carbocycles. The van der Waals surface area contributed by atoms with Gasteiger partial charge in [0.15, 0.2) is 0 Å². The van der Waals surface area contributed by atoms with E-state index in [4.69, 9.17) is 0 Å². The summed E-state index contributed by atoms with van der Waals surface area (Å²) in [6, 6.07) is 0. The Morgan fingerprint density at radius 2 is 2.31 bits per heavy atom. The first-order chi connectivity index (χ1) is 6.27. The summed E-state index contributed by atoms with van der Waals surface area (Å²) >= 11 is 1.94. The Hall–Kier alpha value is -0.510. The third kappa shape index (κ3) is 1.88. The lowest BCUT2D eigenvalue weighted by atomic mass is 10.1. The number of hydrogen-bond donors (Lipinski definition) is 0. The second-order valence-electron chi connectivity index (χ2n) is 3.65. The number of rotatable bonds is 2. The van der Waals surface area contributed by atoms with Gasteiger partial charge in [-0.25, -0.2) is 0 Å². The predicted molar refractivity (Wildman–Crippen MR) is 51.6 cm³/mol. The summed E-state index contributed by atoms with van der Waals surface area (Å²) < 4.78 is 0. The molecule has 13 heavy (non-hydrogen) atoms. The van der Waals surface area contributed by atoms with Crippen molar-refractivity contribution in [2.75, 3.05) is 24.6 Å². The van der Waals surface area contributed by atoms with Crippen molar-refractivity contribution in [2.24, 2.45) is 5.92 Å². The maximum Gasteiger partial charge on any atom is 0.290 e. The van der Waals surface area contributed by atoms with Crippen LogP contribution in [0.2, 0.25) is 0 Å². The largest absolute Gasteiger partial charge is 0.335 e. The van der Waals surface area contributed by atoms with Gasteiger partial charge in [0.2, 0.25) is 5.78 Å². The Kier molecular flexibility index (Phi) is 2.58. The average Bonchev–Trinajstić information content (AvgIpc) is 2.71. The van der Waals surface area contributed by atoms with Crippen LogP contribution >= 0.6 is 11.8 Å². The summed E-state index contributed by atoms with van der Waals surface area (Å²) in [5, 5.41) is 0. The monoisotopic (exact) mass is 199 g/mol. The van der Waals surface area contributed by atoms with Gasteiger partial charge in [0, 0.05) is 19.5 Å². The summed E-state index contributed by atoms with van der Waals surface area (Å²) in [7, 11) is 0. The Morgan fingerprint density at radius 1 is 1.46 bits per heavy atom. The van der Waals surface area contributed by atoms with Crippen LogP contribution in [0.3, 0.4) is 0 Å². The number of carbonyl (C=O) groups excluding carboxylic acids is 2. The Morgan fingerprint density at radius 3 is 2.85 bits per heavy atom. The number of hydrogen-bond acceptors (Lipinski definition) is 3. The van der Waals surface area contributed by atoms with Crippen molar-refractivity contribution in [1.82, 2.24) is 4.90 Å². The van der Waals surface area contributed by atoms with Crippen LogP contribution in [0.5, 0.6) is 0 Å². The lowest BCUT2D eigenvalue weighted by Gasteiger charge is -2.18. The molecule has 2 saturated heterocycles. The van der Waals surface area contributed by atoms with Crippen LogP contribution in [0.15, 0.2) is 0 Å². The molecule has 1 amide bonds. The molecular weight excluding hydrogens is 186 g/mol. The van der Waals surface area contributed by atoms with Gasteiger partial charge in [-0.3, -0.25) is 9.59 Å². The third-order valence-corrected chi connectivity index (χ3v) is 3.87. The quantitative estimate of drug-likeness (QED) is 0.609. The molecule has 0 aliphatic carbocycles. The van der Waals surface area contributed by atoms with Crippen molar-refractivity contribution in [3.05, 3.63) is 0 Å². The van der Waals surface area contributed by atoms with Crippen molar-refractivity contribution < 1.29 is 9.59 Å². The Bertz CT molecular complexity index is 236. The minimum Gasteiger partial charge on any atom is -0.335 e. The normalized spacial score (nSPS) is 28.9. The van der Waals surface area contributed by atoms with Crippen molar-refractivity contribution in [3.63, 3.8) is 0 Å². The van der Waals surface area contributed by atoms with Crippen molar-refractivity contribution in [1.29, 1.82) is 0 Å². The molecule has 0 radical (unpaired) electrons. The van der Waals surface area contributed by atoms with Gasteiger partial charge >= 0.3 is 0 Å². The van der Waals surface area contributed by atoms with Crippen LogP contribution in [0, 0.1) is 5.92 Å². The fourth-order valence-electron chi connectivity index (χ4n) is 1.83. The van der Waals surface area contributed by atoms with E-state index in [-0.39, 0.29) is 11.7 Å². The Balaban J connectivity index is 1.87. The van der Waals surface area contributed by atoms with Gasteiger partial charge in [-0.2, -0.15) is 11.8 Å². The van der Waals surface area contributed by atoms with E-state index in [2.05, 4.69) is 0 Å². The summed E-state index contributed by atoms with van der Waals surface area (Å²) in [6.45, 7) is 1.45. The highest BCUT2D eigenvalue weighted by atomic mass is 32.2. The van der Waals surface area contributed by atoms with E-state index >= 15 is 0 Å². The summed E-state index contributed by atoms with van der Waals surface area (Å²) in [5.74, 6) is 2.53. The molecule has 0 aromatic carbocycles. The molecule has 2 heterocycles. The SMILES string of the molecule is O=C1CCN(CC2CCSC2)C1=O. The second-order valence-corrected chi connectivity index (χ2v) is 4.80. The molecule has 3 nitrogen and oxygen atoms in total. The molecule has 1 atom stereocenters. The van der Waals surface area contributed by atoms with Crippen LogP contribution in [0.4, 0.5) is 0 Å². The lowest BCUT2D eigenvalue weighted by Crippen LogP contribution is -2.32. The molecule has 1 unspecified atom stereocenters. The number of likely N-dealkylation sites (tertiary alicyclic amines) is 1. The van der Waals surface area contributed by atoms with Gasteiger partial charge in [-0.15, -0.1) is 0 Å². The molecule has 72 valence electrons. The van der Waals surface area contributed by atoms with Crippen LogP contribution in [0.1, 0.15) is 12.8 Å². The molecule has 2 rings (SSSR count). The highest BCUT2D eigenvalue weighted by Crippen LogP contribution is 2.25. The summed E-state index contributed by atoms with van der Waals surface area (Å²) in [4.78, 5) is 23.9. The average molecular weight is 199 g/mol. The number of carbonyl (C=O) groups is 2. The van der Waals surface area contributed by atoms with Gasteiger partial charge in [0.25, 0.3) is 5.91 Å². The summed E-state index contributed by atoms with van der Waals surface area (Å²) in [5.41, 5.74) is 0. The van der Waals surface area contributed by atoms with Crippen molar-refractivity contribution in [3.8, 4) is 0 Å². The van der Waals surface area contributed by atoms with Gasteiger partial charge in [0.05, 0.1) is 0 Å². The van der Waals surface area contributed by atoms with E-state index in [0.29, 0.717) is 18.9 Å². The maximum atomic E-state index is 11.3. The molecule has 2 fully saturated rings. The van der Waals surface area contributed by atoms with Gasteiger partial charge in [-0.1, -0.05) is 0 Å². The number of nitrogens with zero attached hydrogens (tertiary/aromatic N) is 1. The molecule has 0 spiro atoms. The fraction of sp³-hybridized carbons (Fsp3) is 0.778. The first kappa shape index (κ1) is 9.06. The highest BCUT2D eigenvalue weighted by molar-refractivity contribution is 7.99. The highest BCUT2D eigenvalue weighted by Gasteiger charge is 2.31. The van der Waals surface area contributed by atoms with E-state index in [1.807, 2.05) is 11.8 Å². The van der Waals surface area contributed by atoms with Gasteiger partial charge in [-0.05, 0) is 23.8 Å². The van der Waals surface area contributed by atoms with Gasteiger partial charge in [0.1, 0.15) is 0 Å². The Labute approximate surface area is 81.9 Å². The summed E-state index contributed by atoms with van der Waals surface area (Å²) in [6.07, 6.45) is 1.63. The van der Waals surface area contributed by atoms with Crippen LogP contribution in [0.25, 0.3) is 0 Å². The van der Waals surface area contributed by atoms with E-state index in [1.165, 1.54) is 12.2 Å². The maximum absolute atomic E-state index is 11.3. The van der Waals surface area contributed by atoms with Crippen molar-refractivity contribution >= 4 is 23.5 Å². The van der Waals surface area contributed by atoms with E-state index in [9.17, 15) is 9.59 Å². The zero-order valence-corrected chi connectivity index (χ0v) is 8.31. The first-order valence-corrected chi connectivity index (χ1v) is 5.82. The van der Waals surface area contributed by atoms with Gasteiger partial charge < -0.3 is 4.90 Å². The first-order valence-electron chi connectivity index (χ1n) is 4.67. The molecule has 4 heteroatoms. The zero-order chi connectivity index (χ0) is 9.26. The number of amides is 1. The zero-order valence-electron chi connectivity index (χ0n) is 7.49. The smallest absolute Gasteiger partial charge is 0.290 e. The number of thioether (sulfide) groups is 1. The minimum atomic E-state index is -0.253.